The van der Waals surface area contributed by atoms with Crippen LogP contribution in [0.15, 0.2) is 36.4 Å². The first-order chi connectivity index (χ1) is 8.54. The Bertz CT molecular complexity index is 555. The van der Waals surface area contributed by atoms with Crippen molar-refractivity contribution in [3.63, 3.8) is 0 Å². The quantitative estimate of drug-likeness (QED) is 0.861. The first-order valence-corrected chi connectivity index (χ1v) is 5.55. The Morgan fingerprint density at radius 1 is 1.06 bits per heavy atom. The molecule has 0 heterocycles. The van der Waals surface area contributed by atoms with E-state index in [4.69, 9.17) is 22.1 Å². The van der Waals surface area contributed by atoms with Crippen molar-refractivity contribution in [3.05, 3.63) is 58.6 Å². The van der Waals surface area contributed by atoms with E-state index in [1.165, 1.54) is 0 Å². The predicted molar refractivity (Wildman–Crippen MR) is 66.6 cm³/mol. The van der Waals surface area contributed by atoms with Crippen LogP contribution >= 0.6 is 11.6 Å². The molecule has 0 unspecified atom stereocenters. The Kier molecular flexibility index (Phi) is 3.67. The lowest BCUT2D eigenvalue weighted by Crippen LogP contribution is -1.98. The van der Waals surface area contributed by atoms with Gasteiger partial charge in [0, 0.05) is 34.5 Å². The Balaban J connectivity index is 2.13. The highest BCUT2D eigenvalue weighted by Crippen LogP contribution is 2.22. The number of rotatable bonds is 3. The SMILES string of the molecule is Nc1ccc(Cl)c(COc2cc(F)cc(F)c2)c1. The van der Waals surface area contributed by atoms with E-state index in [1.54, 1.807) is 18.2 Å². The van der Waals surface area contributed by atoms with Gasteiger partial charge >= 0.3 is 0 Å². The monoisotopic (exact) mass is 269 g/mol. The molecule has 0 aliphatic carbocycles. The van der Waals surface area contributed by atoms with Gasteiger partial charge in [0.1, 0.15) is 24.0 Å². The zero-order valence-electron chi connectivity index (χ0n) is 9.29. The van der Waals surface area contributed by atoms with Crippen molar-refractivity contribution in [3.8, 4) is 5.75 Å². The number of hydrogen-bond acceptors (Lipinski definition) is 2. The smallest absolute Gasteiger partial charge is 0.129 e. The molecule has 2 rings (SSSR count). The third-order valence-corrected chi connectivity index (χ3v) is 2.67. The molecule has 2 nitrogen and oxygen atoms in total. The second-order valence-electron chi connectivity index (χ2n) is 3.74. The number of nitrogen functional groups attached to an aromatic ring is 1. The molecule has 0 amide bonds. The summed E-state index contributed by atoms with van der Waals surface area (Å²) >= 11 is 5.94. The lowest BCUT2D eigenvalue weighted by Gasteiger charge is -2.08. The van der Waals surface area contributed by atoms with Gasteiger partial charge in [0.05, 0.1) is 0 Å². The summed E-state index contributed by atoms with van der Waals surface area (Å²) in [7, 11) is 0. The Morgan fingerprint density at radius 3 is 2.39 bits per heavy atom. The second-order valence-corrected chi connectivity index (χ2v) is 4.15. The summed E-state index contributed by atoms with van der Waals surface area (Å²) in [6.07, 6.45) is 0. The molecule has 94 valence electrons. The van der Waals surface area contributed by atoms with Crippen LogP contribution in [0.5, 0.6) is 5.75 Å². The molecular formula is C13H10ClF2NO. The zero-order chi connectivity index (χ0) is 13.1. The van der Waals surface area contributed by atoms with Crippen LogP contribution < -0.4 is 10.5 Å². The maximum atomic E-state index is 12.9. The molecule has 0 aromatic heterocycles. The van der Waals surface area contributed by atoms with E-state index in [1.807, 2.05) is 0 Å². The molecule has 2 N–H and O–H groups in total. The lowest BCUT2D eigenvalue weighted by atomic mass is 10.2. The van der Waals surface area contributed by atoms with Gasteiger partial charge in [-0.05, 0) is 18.2 Å². The minimum absolute atomic E-state index is 0.0900. The standard InChI is InChI=1S/C13H10ClF2NO/c14-13-2-1-11(17)3-8(13)7-18-12-5-9(15)4-10(16)6-12/h1-6H,7,17H2. The lowest BCUT2D eigenvalue weighted by molar-refractivity contribution is 0.303. The topological polar surface area (TPSA) is 35.2 Å². The van der Waals surface area contributed by atoms with Crippen LogP contribution in [0.4, 0.5) is 14.5 Å². The fraction of sp³-hybridized carbons (Fsp3) is 0.0769. The van der Waals surface area contributed by atoms with Crippen LogP contribution in [0.25, 0.3) is 0 Å². The summed E-state index contributed by atoms with van der Waals surface area (Å²) in [5.41, 5.74) is 6.81. The van der Waals surface area contributed by atoms with Gasteiger partial charge in [-0.1, -0.05) is 11.6 Å². The van der Waals surface area contributed by atoms with Gasteiger partial charge in [0.2, 0.25) is 0 Å². The average Bonchev–Trinajstić information content (AvgIpc) is 2.29. The molecule has 2 aromatic carbocycles. The highest BCUT2D eigenvalue weighted by molar-refractivity contribution is 6.31. The van der Waals surface area contributed by atoms with Crippen LogP contribution in [-0.4, -0.2) is 0 Å². The highest BCUT2D eigenvalue weighted by atomic mass is 35.5. The van der Waals surface area contributed by atoms with E-state index in [2.05, 4.69) is 0 Å². The molecule has 0 fully saturated rings. The Labute approximate surface area is 108 Å². The number of halogens is 3. The molecule has 0 atom stereocenters. The van der Waals surface area contributed by atoms with Crippen molar-refractivity contribution in [2.24, 2.45) is 0 Å². The minimum atomic E-state index is -0.691. The first-order valence-electron chi connectivity index (χ1n) is 5.17. The summed E-state index contributed by atoms with van der Waals surface area (Å²) in [5, 5.41) is 0.487. The fourth-order valence-electron chi connectivity index (χ4n) is 1.48. The number of anilines is 1. The predicted octanol–water partition coefficient (Wildman–Crippen LogP) is 3.78. The van der Waals surface area contributed by atoms with Crippen molar-refractivity contribution >= 4 is 17.3 Å². The molecular weight excluding hydrogens is 260 g/mol. The summed E-state index contributed by atoms with van der Waals surface area (Å²) in [4.78, 5) is 0. The summed E-state index contributed by atoms with van der Waals surface area (Å²) in [5.74, 6) is -1.28. The second kappa shape index (κ2) is 5.23. The number of nitrogens with two attached hydrogens (primary N) is 1. The van der Waals surface area contributed by atoms with Crippen LogP contribution in [0.1, 0.15) is 5.56 Å². The van der Waals surface area contributed by atoms with Gasteiger partial charge in [0.15, 0.2) is 0 Å². The Hall–Kier alpha value is -1.81. The van der Waals surface area contributed by atoms with Crippen molar-refractivity contribution in [2.45, 2.75) is 6.61 Å². The normalized spacial score (nSPS) is 10.4. The maximum absolute atomic E-state index is 12.9. The molecule has 18 heavy (non-hydrogen) atoms. The third-order valence-electron chi connectivity index (χ3n) is 2.30. The largest absolute Gasteiger partial charge is 0.489 e. The summed E-state index contributed by atoms with van der Waals surface area (Å²) < 4.78 is 31.1. The molecule has 2 aromatic rings. The molecule has 0 saturated carbocycles. The van der Waals surface area contributed by atoms with E-state index >= 15 is 0 Å². The number of ether oxygens (including phenoxy) is 1. The van der Waals surface area contributed by atoms with Gasteiger partial charge in [0.25, 0.3) is 0 Å². The van der Waals surface area contributed by atoms with E-state index in [0.29, 0.717) is 16.3 Å². The van der Waals surface area contributed by atoms with Gasteiger partial charge in [-0.25, -0.2) is 8.78 Å². The van der Waals surface area contributed by atoms with Gasteiger partial charge in [-0.2, -0.15) is 0 Å². The van der Waals surface area contributed by atoms with E-state index < -0.39 is 11.6 Å². The van der Waals surface area contributed by atoms with Crippen LogP contribution in [0.3, 0.4) is 0 Å². The molecule has 0 bridgehead atoms. The van der Waals surface area contributed by atoms with Crippen LogP contribution in [0, 0.1) is 11.6 Å². The average molecular weight is 270 g/mol. The van der Waals surface area contributed by atoms with Crippen molar-refractivity contribution in [1.82, 2.24) is 0 Å². The summed E-state index contributed by atoms with van der Waals surface area (Å²) in [6, 6.07) is 7.93. The van der Waals surface area contributed by atoms with Gasteiger partial charge < -0.3 is 10.5 Å². The van der Waals surface area contributed by atoms with Gasteiger partial charge in [-0.3, -0.25) is 0 Å². The fourth-order valence-corrected chi connectivity index (χ4v) is 1.65. The number of hydrogen-bond donors (Lipinski definition) is 1. The van der Waals surface area contributed by atoms with E-state index in [-0.39, 0.29) is 12.4 Å². The molecule has 0 saturated heterocycles. The molecule has 5 heteroatoms. The van der Waals surface area contributed by atoms with Crippen LogP contribution in [0.2, 0.25) is 5.02 Å². The third kappa shape index (κ3) is 3.11. The molecule has 0 aliphatic rings. The molecule has 0 spiro atoms. The van der Waals surface area contributed by atoms with E-state index in [9.17, 15) is 8.78 Å². The molecule has 0 radical (unpaired) electrons. The van der Waals surface area contributed by atoms with Crippen molar-refractivity contribution in [2.75, 3.05) is 5.73 Å². The Morgan fingerprint density at radius 2 is 1.72 bits per heavy atom. The highest BCUT2D eigenvalue weighted by Gasteiger charge is 2.05. The van der Waals surface area contributed by atoms with Crippen molar-refractivity contribution < 1.29 is 13.5 Å². The first kappa shape index (κ1) is 12.6. The maximum Gasteiger partial charge on any atom is 0.129 e. The van der Waals surface area contributed by atoms with Gasteiger partial charge in [-0.15, -0.1) is 0 Å². The zero-order valence-corrected chi connectivity index (χ0v) is 10.0. The minimum Gasteiger partial charge on any atom is -0.489 e. The molecule has 0 aliphatic heterocycles. The van der Waals surface area contributed by atoms with Crippen molar-refractivity contribution in [1.29, 1.82) is 0 Å². The number of benzene rings is 2. The van der Waals surface area contributed by atoms with Crippen LogP contribution in [-0.2, 0) is 6.61 Å². The van der Waals surface area contributed by atoms with E-state index in [0.717, 1.165) is 18.2 Å². The summed E-state index contributed by atoms with van der Waals surface area (Å²) in [6.45, 7) is 0.0900.